The average Bonchev–Trinajstić information content (AvgIpc) is 2.78. The van der Waals surface area contributed by atoms with Crippen LogP contribution in [0.2, 0.25) is 5.02 Å². The van der Waals surface area contributed by atoms with Crippen molar-refractivity contribution in [3.63, 3.8) is 0 Å². The second-order valence-corrected chi connectivity index (χ2v) is 5.81. The Morgan fingerprint density at radius 3 is 2.80 bits per heavy atom. The van der Waals surface area contributed by atoms with Gasteiger partial charge in [-0.3, -0.25) is 4.79 Å². The Bertz CT molecular complexity index is 495. The molecule has 1 saturated heterocycles. The molecule has 5 heteroatoms. The molecule has 0 aromatic heterocycles. The first kappa shape index (κ1) is 15.3. The van der Waals surface area contributed by atoms with Crippen LogP contribution in [-0.2, 0) is 4.79 Å². The monoisotopic (exact) mass is 298 g/mol. The Kier molecular flexibility index (Phi) is 5.00. The zero-order valence-electron chi connectivity index (χ0n) is 11.8. The molecule has 1 N–H and O–H groups in total. The van der Waals surface area contributed by atoms with Gasteiger partial charge in [-0.2, -0.15) is 0 Å². The Balaban J connectivity index is 1.91. The Labute approximate surface area is 124 Å². The highest BCUT2D eigenvalue weighted by molar-refractivity contribution is 6.30. The number of nitrogens with zero attached hydrogens (tertiary/aromatic N) is 1. The molecule has 1 amide bonds. The van der Waals surface area contributed by atoms with Crippen molar-refractivity contribution >= 4 is 17.5 Å². The number of likely N-dealkylation sites (tertiary alicyclic amines) is 1. The lowest BCUT2D eigenvalue weighted by Crippen LogP contribution is -2.40. The fourth-order valence-corrected chi connectivity index (χ4v) is 2.70. The minimum Gasteiger partial charge on any atom is -0.341 e. The quantitative estimate of drug-likeness (QED) is 0.906. The number of carbonyl (C=O) groups is 1. The van der Waals surface area contributed by atoms with E-state index in [1.54, 1.807) is 6.07 Å². The van der Waals surface area contributed by atoms with E-state index in [9.17, 15) is 9.18 Å². The number of hydrogen-bond donors (Lipinski definition) is 1. The van der Waals surface area contributed by atoms with Gasteiger partial charge >= 0.3 is 0 Å². The van der Waals surface area contributed by atoms with Gasteiger partial charge in [0, 0.05) is 31.6 Å². The fourth-order valence-electron chi connectivity index (χ4n) is 2.59. The molecule has 2 unspecified atom stereocenters. The molecule has 1 aliphatic heterocycles. The maximum Gasteiger partial charge on any atom is 0.222 e. The van der Waals surface area contributed by atoms with Crippen LogP contribution in [0.3, 0.4) is 0 Å². The summed E-state index contributed by atoms with van der Waals surface area (Å²) >= 11 is 5.68. The maximum atomic E-state index is 13.4. The van der Waals surface area contributed by atoms with Gasteiger partial charge in [0.25, 0.3) is 0 Å². The van der Waals surface area contributed by atoms with Crippen molar-refractivity contribution in [1.82, 2.24) is 10.2 Å². The third-order valence-electron chi connectivity index (χ3n) is 3.64. The minimum absolute atomic E-state index is 0.00877. The summed E-state index contributed by atoms with van der Waals surface area (Å²) in [5.74, 6) is -0.177. The molecule has 0 spiro atoms. The number of carbonyl (C=O) groups excluding carboxylic acids is 1. The van der Waals surface area contributed by atoms with Gasteiger partial charge in [-0.1, -0.05) is 17.7 Å². The number of nitrogens with one attached hydrogen (secondary N) is 1. The van der Waals surface area contributed by atoms with Crippen LogP contribution in [0.1, 0.15) is 38.3 Å². The first-order chi connectivity index (χ1) is 9.47. The number of rotatable bonds is 5. The molecule has 110 valence electrons. The van der Waals surface area contributed by atoms with Crippen LogP contribution in [0.25, 0.3) is 0 Å². The SMILES string of the molecule is CC(CN1CCCC1=O)NC(C)c1ccc(Cl)c(F)c1. The van der Waals surface area contributed by atoms with Gasteiger partial charge in [0.05, 0.1) is 5.02 Å². The molecule has 0 aliphatic carbocycles. The van der Waals surface area contributed by atoms with E-state index in [0.717, 1.165) is 18.5 Å². The molecule has 1 heterocycles. The Morgan fingerprint density at radius 2 is 2.20 bits per heavy atom. The average molecular weight is 299 g/mol. The summed E-state index contributed by atoms with van der Waals surface area (Å²) in [6.07, 6.45) is 1.61. The minimum atomic E-state index is -0.403. The van der Waals surface area contributed by atoms with Crippen LogP contribution in [0.5, 0.6) is 0 Å². The first-order valence-electron chi connectivity index (χ1n) is 6.96. The smallest absolute Gasteiger partial charge is 0.222 e. The summed E-state index contributed by atoms with van der Waals surface area (Å²) in [6, 6.07) is 5.00. The van der Waals surface area contributed by atoms with Crippen molar-refractivity contribution in [3.8, 4) is 0 Å². The van der Waals surface area contributed by atoms with E-state index >= 15 is 0 Å². The topological polar surface area (TPSA) is 32.3 Å². The standard InChI is InChI=1S/C15H20ClFN2O/c1-10(9-19-7-3-4-15(19)20)18-11(2)12-5-6-13(16)14(17)8-12/h5-6,8,10-11,18H,3-4,7,9H2,1-2H3. The third kappa shape index (κ3) is 3.70. The van der Waals surface area contributed by atoms with Crippen molar-refractivity contribution in [2.24, 2.45) is 0 Å². The van der Waals surface area contributed by atoms with Crippen LogP contribution in [0.4, 0.5) is 4.39 Å². The van der Waals surface area contributed by atoms with Crippen LogP contribution in [0, 0.1) is 5.82 Å². The molecule has 0 radical (unpaired) electrons. The lowest BCUT2D eigenvalue weighted by Gasteiger charge is -2.25. The highest BCUT2D eigenvalue weighted by atomic mass is 35.5. The number of benzene rings is 1. The summed E-state index contributed by atoms with van der Waals surface area (Å²) in [7, 11) is 0. The third-order valence-corrected chi connectivity index (χ3v) is 3.95. The molecule has 20 heavy (non-hydrogen) atoms. The zero-order chi connectivity index (χ0) is 14.7. The van der Waals surface area contributed by atoms with Gasteiger partial charge in [-0.15, -0.1) is 0 Å². The van der Waals surface area contributed by atoms with Gasteiger partial charge < -0.3 is 10.2 Å². The normalized spacial score (nSPS) is 18.4. The van der Waals surface area contributed by atoms with Crippen molar-refractivity contribution in [3.05, 3.63) is 34.6 Å². The maximum absolute atomic E-state index is 13.4. The lowest BCUT2D eigenvalue weighted by molar-refractivity contribution is -0.127. The predicted molar refractivity (Wildman–Crippen MR) is 78.2 cm³/mol. The van der Waals surface area contributed by atoms with Crippen molar-refractivity contribution in [1.29, 1.82) is 0 Å². The summed E-state index contributed by atoms with van der Waals surface area (Å²) in [5, 5.41) is 3.52. The summed E-state index contributed by atoms with van der Waals surface area (Å²) < 4.78 is 13.4. The molecule has 1 fully saturated rings. The Morgan fingerprint density at radius 1 is 1.45 bits per heavy atom. The van der Waals surface area contributed by atoms with Gasteiger partial charge in [-0.05, 0) is 38.0 Å². The van der Waals surface area contributed by atoms with E-state index in [2.05, 4.69) is 5.32 Å². The molecule has 3 nitrogen and oxygen atoms in total. The lowest BCUT2D eigenvalue weighted by atomic mass is 10.1. The number of halogens is 2. The van der Waals surface area contributed by atoms with E-state index in [4.69, 9.17) is 11.6 Å². The molecule has 2 atom stereocenters. The zero-order valence-corrected chi connectivity index (χ0v) is 12.6. The molecule has 1 aliphatic rings. The van der Waals surface area contributed by atoms with E-state index < -0.39 is 5.82 Å². The van der Waals surface area contributed by atoms with E-state index in [0.29, 0.717) is 13.0 Å². The van der Waals surface area contributed by atoms with Crippen LogP contribution in [0.15, 0.2) is 18.2 Å². The van der Waals surface area contributed by atoms with Crippen LogP contribution >= 0.6 is 11.6 Å². The fraction of sp³-hybridized carbons (Fsp3) is 0.533. The van der Waals surface area contributed by atoms with Gasteiger partial charge in [0.1, 0.15) is 5.82 Å². The van der Waals surface area contributed by atoms with Crippen LogP contribution in [-0.4, -0.2) is 29.9 Å². The summed E-state index contributed by atoms with van der Waals surface area (Å²) in [5.41, 5.74) is 0.853. The van der Waals surface area contributed by atoms with Gasteiger partial charge in [-0.25, -0.2) is 4.39 Å². The van der Waals surface area contributed by atoms with Crippen LogP contribution < -0.4 is 5.32 Å². The summed E-state index contributed by atoms with van der Waals surface area (Å²) in [4.78, 5) is 13.5. The van der Waals surface area contributed by atoms with Crippen molar-refractivity contribution < 1.29 is 9.18 Å². The largest absolute Gasteiger partial charge is 0.341 e. The second-order valence-electron chi connectivity index (χ2n) is 5.41. The number of amides is 1. The predicted octanol–water partition coefficient (Wildman–Crippen LogP) is 3.14. The highest BCUT2D eigenvalue weighted by Crippen LogP contribution is 2.20. The molecule has 0 bridgehead atoms. The molecule has 1 aromatic rings. The second kappa shape index (κ2) is 6.55. The molecular formula is C15H20ClFN2O. The molecule has 2 rings (SSSR count). The first-order valence-corrected chi connectivity index (χ1v) is 7.34. The van der Waals surface area contributed by atoms with E-state index in [-0.39, 0.29) is 23.0 Å². The van der Waals surface area contributed by atoms with Gasteiger partial charge in [0.2, 0.25) is 5.91 Å². The Hall–Kier alpha value is -1.13. The van der Waals surface area contributed by atoms with Gasteiger partial charge in [0.15, 0.2) is 0 Å². The van der Waals surface area contributed by atoms with Crippen molar-refractivity contribution in [2.75, 3.05) is 13.1 Å². The highest BCUT2D eigenvalue weighted by Gasteiger charge is 2.22. The van der Waals surface area contributed by atoms with E-state index in [1.165, 1.54) is 6.07 Å². The van der Waals surface area contributed by atoms with E-state index in [1.807, 2.05) is 24.8 Å². The van der Waals surface area contributed by atoms with Crippen molar-refractivity contribution in [2.45, 2.75) is 38.8 Å². The summed E-state index contributed by atoms with van der Waals surface area (Å²) in [6.45, 7) is 5.55. The molecular weight excluding hydrogens is 279 g/mol. The molecule has 1 aromatic carbocycles. The number of hydrogen-bond acceptors (Lipinski definition) is 2. The molecule has 0 saturated carbocycles.